The first-order valence-electron chi connectivity index (χ1n) is 9.56. The van der Waals surface area contributed by atoms with Crippen molar-refractivity contribution < 1.29 is 17.9 Å². The van der Waals surface area contributed by atoms with E-state index < -0.39 is 10.0 Å². The maximum Gasteiger partial charge on any atom is 0.243 e. The topological polar surface area (TPSA) is 66.9 Å². The summed E-state index contributed by atoms with van der Waals surface area (Å²) in [5.74, 6) is 0.314. The number of carbonyl (C=O) groups is 1. The van der Waals surface area contributed by atoms with Gasteiger partial charge in [-0.3, -0.25) is 4.79 Å². The van der Waals surface area contributed by atoms with Gasteiger partial charge in [0.25, 0.3) is 0 Å². The highest BCUT2D eigenvalue weighted by Gasteiger charge is 2.35. The highest BCUT2D eigenvalue weighted by molar-refractivity contribution is 7.89. The van der Waals surface area contributed by atoms with Crippen LogP contribution in [0.1, 0.15) is 44.9 Å². The fourth-order valence-corrected chi connectivity index (χ4v) is 5.91. The zero-order valence-corrected chi connectivity index (χ0v) is 17.3. The lowest BCUT2D eigenvalue weighted by molar-refractivity contribution is -0.130. The molecule has 3 rings (SSSR count). The van der Waals surface area contributed by atoms with Crippen molar-refractivity contribution in [2.24, 2.45) is 0 Å². The molecule has 0 unspecified atom stereocenters. The molecular formula is C19H27ClN2O4S. The lowest BCUT2D eigenvalue weighted by Gasteiger charge is -2.34. The fraction of sp³-hybridized carbons (Fsp3) is 0.632. The van der Waals surface area contributed by atoms with Crippen LogP contribution in [0.2, 0.25) is 5.02 Å². The van der Waals surface area contributed by atoms with Crippen LogP contribution in [0.15, 0.2) is 23.1 Å². The Kier molecular flexibility index (Phi) is 6.65. The van der Waals surface area contributed by atoms with Crippen molar-refractivity contribution in [2.45, 2.75) is 55.9 Å². The molecule has 2 fully saturated rings. The number of methoxy groups -OCH3 is 1. The van der Waals surface area contributed by atoms with Crippen LogP contribution in [0, 0.1) is 0 Å². The molecule has 0 spiro atoms. The summed E-state index contributed by atoms with van der Waals surface area (Å²) < 4.78 is 33.3. The highest BCUT2D eigenvalue weighted by Crippen LogP contribution is 2.32. The molecule has 6 nitrogen and oxygen atoms in total. The van der Waals surface area contributed by atoms with E-state index in [0.29, 0.717) is 18.8 Å². The van der Waals surface area contributed by atoms with Crippen molar-refractivity contribution in [1.82, 2.24) is 9.21 Å². The fourth-order valence-electron chi connectivity index (χ4n) is 3.92. The quantitative estimate of drug-likeness (QED) is 0.716. The number of amides is 1. The van der Waals surface area contributed by atoms with Crippen LogP contribution in [0.25, 0.3) is 0 Å². The Morgan fingerprint density at radius 1 is 1.19 bits per heavy atom. The van der Waals surface area contributed by atoms with E-state index in [1.54, 1.807) is 11.0 Å². The molecular weight excluding hydrogens is 388 g/mol. The van der Waals surface area contributed by atoms with Crippen molar-refractivity contribution in [3.05, 3.63) is 23.2 Å². The summed E-state index contributed by atoms with van der Waals surface area (Å²) in [6.07, 6.45) is 6.62. The molecule has 1 saturated heterocycles. The Balaban J connectivity index is 1.89. The summed E-state index contributed by atoms with van der Waals surface area (Å²) in [6, 6.07) is 4.31. The number of rotatable bonds is 6. The second-order valence-corrected chi connectivity index (χ2v) is 9.52. The maximum absolute atomic E-state index is 13.4. The molecule has 150 valence electrons. The molecule has 0 radical (unpaired) electrons. The zero-order chi connectivity index (χ0) is 19.4. The summed E-state index contributed by atoms with van der Waals surface area (Å²) >= 11 is 6.15. The van der Waals surface area contributed by atoms with Crippen molar-refractivity contribution in [1.29, 1.82) is 0 Å². The predicted molar refractivity (Wildman–Crippen MR) is 105 cm³/mol. The van der Waals surface area contributed by atoms with Gasteiger partial charge in [-0.2, -0.15) is 4.31 Å². The van der Waals surface area contributed by atoms with Crippen LogP contribution in [-0.2, 0) is 14.8 Å². The van der Waals surface area contributed by atoms with E-state index in [4.69, 9.17) is 16.3 Å². The van der Waals surface area contributed by atoms with E-state index in [9.17, 15) is 13.2 Å². The largest absolute Gasteiger partial charge is 0.495 e. The first-order valence-corrected chi connectivity index (χ1v) is 11.4. The SMILES string of the molecule is COc1ccc(S(=O)(=O)N(CC(=O)N2CCCC2)C2CCCCC2)cc1Cl. The summed E-state index contributed by atoms with van der Waals surface area (Å²) in [6.45, 7) is 1.33. The monoisotopic (exact) mass is 414 g/mol. The number of benzene rings is 1. The van der Waals surface area contributed by atoms with Crippen molar-refractivity contribution >= 4 is 27.5 Å². The lowest BCUT2D eigenvalue weighted by Crippen LogP contribution is -2.47. The number of sulfonamides is 1. The molecule has 8 heteroatoms. The normalized spacial score (nSPS) is 18.9. The zero-order valence-electron chi connectivity index (χ0n) is 15.7. The minimum Gasteiger partial charge on any atom is -0.495 e. The maximum atomic E-state index is 13.4. The van der Waals surface area contributed by atoms with Gasteiger partial charge in [-0.25, -0.2) is 8.42 Å². The molecule has 1 saturated carbocycles. The lowest BCUT2D eigenvalue weighted by atomic mass is 9.95. The van der Waals surface area contributed by atoms with Gasteiger partial charge in [0.05, 0.1) is 23.6 Å². The second-order valence-electron chi connectivity index (χ2n) is 7.23. The third kappa shape index (κ3) is 4.58. The minimum atomic E-state index is -3.83. The van der Waals surface area contributed by atoms with E-state index in [2.05, 4.69) is 0 Å². The molecule has 0 atom stereocenters. The number of hydrogen-bond donors (Lipinski definition) is 0. The number of halogens is 1. The molecule has 0 aromatic heterocycles. The van der Waals surface area contributed by atoms with E-state index in [1.165, 1.54) is 23.5 Å². The predicted octanol–water partition coefficient (Wildman–Crippen LogP) is 3.29. The number of ether oxygens (including phenoxy) is 1. The van der Waals surface area contributed by atoms with Gasteiger partial charge in [-0.1, -0.05) is 30.9 Å². The third-order valence-corrected chi connectivity index (χ3v) is 7.65. The summed E-state index contributed by atoms with van der Waals surface area (Å²) in [5.41, 5.74) is 0. The summed E-state index contributed by atoms with van der Waals surface area (Å²) in [5, 5.41) is 0.244. The van der Waals surface area contributed by atoms with Crippen LogP contribution in [0.4, 0.5) is 0 Å². The molecule has 1 aromatic rings. The molecule has 1 aliphatic heterocycles. The van der Waals surface area contributed by atoms with Gasteiger partial charge in [-0.15, -0.1) is 0 Å². The van der Waals surface area contributed by atoms with Crippen LogP contribution >= 0.6 is 11.6 Å². The molecule has 2 aliphatic rings. The number of hydrogen-bond acceptors (Lipinski definition) is 4. The molecule has 1 amide bonds. The Morgan fingerprint density at radius 2 is 1.85 bits per heavy atom. The van der Waals surface area contributed by atoms with Gasteiger partial charge in [0.1, 0.15) is 5.75 Å². The average molecular weight is 415 g/mol. The van der Waals surface area contributed by atoms with Gasteiger partial charge < -0.3 is 9.64 Å². The average Bonchev–Trinajstić information content (AvgIpc) is 3.21. The smallest absolute Gasteiger partial charge is 0.243 e. The Labute approximate surface area is 166 Å². The van der Waals surface area contributed by atoms with Gasteiger partial charge in [0, 0.05) is 19.1 Å². The number of nitrogens with zero attached hydrogens (tertiary/aromatic N) is 2. The van der Waals surface area contributed by atoms with E-state index in [-0.39, 0.29) is 28.4 Å². The number of likely N-dealkylation sites (tertiary alicyclic amines) is 1. The second kappa shape index (κ2) is 8.80. The van der Waals surface area contributed by atoms with Gasteiger partial charge in [-0.05, 0) is 43.9 Å². The molecule has 1 aromatic carbocycles. The van der Waals surface area contributed by atoms with Crippen LogP contribution in [0.5, 0.6) is 5.75 Å². The van der Waals surface area contributed by atoms with Crippen molar-refractivity contribution in [3.8, 4) is 5.75 Å². The molecule has 0 bridgehead atoms. The number of carbonyl (C=O) groups excluding carboxylic acids is 1. The van der Waals surface area contributed by atoms with Crippen molar-refractivity contribution in [2.75, 3.05) is 26.7 Å². The van der Waals surface area contributed by atoms with Crippen LogP contribution in [0.3, 0.4) is 0 Å². The molecule has 0 N–H and O–H groups in total. The van der Waals surface area contributed by atoms with E-state index in [0.717, 1.165) is 44.9 Å². The van der Waals surface area contributed by atoms with E-state index in [1.807, 2.05) is 0 Å². The Morgan fingerprint density at radius 3 is 2.44 bits per heavy atom. The standard InChI is InChI=1S/C19H27ClN2O4S/c1-26-18-10-9-16(13-17(18)20)27(24,25)22(15-7-3-2-4-8-15)14-19(23)21-11-5-6-12-21/h9-10,13,15H,2-8,11-12,14H2,1H3. The van der Waals surface area contributed by atoms with Gasteiger partial charge in [0.15, 0.2) is 0 Å². The summed E-state index contributed by atoms with van der Waals surface area (Å²) in [4.78, 5) is 14.6. The highest BCUT2D eigenvalue weighted by atomic mass is 35.5. The first kappa shape index (κ1) is 20.4. The van der Waals surface area contributed by atoms with Crippen molar-refractivity contribution in [3.63, 3.8) is 0 Å². The van der Waals surface area contributed by atoms with E-state index >= 15 is 0 Å². The van der Waals surface area contributed by atoms with Crippen LogP contribution in [-0.4, -0.2) is 56.3 Å². The Bertz CT molecular complexity index is 772. The summed E-state index contributed by atoms with van der Waals surface area (Å²) in [7, 11) is -2.34. The molecule has 1 aliphatic carbocycles. The van der Waals surface area contributed by atoms with Crippen LogP contribution < -0.4 is 4.74 Å². The van der Waals surface area contributed by atoms with Gasteiger partial charge in [0.2, 0.25) is 15.9 Å². The van der Waals surface area contributed by atoms with Gasteiger partial charge >= 0.3 is 0 Å². The molecule has 1 heterocycles. The first-order chi connectivity index (χ1) is 12.9. The third-order valence-electron chi connectivity index (χ3n) is 5.46. The Hall–Kier alpha value is -1.31. The molecule has 27 heavy (non-hydrogen) atoms. The minimum absolute atomic E-state index is 0.101.